The molecule has 0 aromatic carbocycles. The Labute approximate surface area is 84.3 Å². The molecule has 1 N–H and O–H groups in total. The van der Waals surface area contributed by atoms with Crippen LogP contribution in [0.15, 0.2) is 18.5 Å². The van der Waals surface area contributed by atoms with Crippen LogP contribution in [0.5, 0.6) is 0 Å². The topological polar surface area (TPSA) is 40.0 Å². The van der Waals surface area contributed by atoms with Crippen molar-refractivity contribution in [2.45, 2.75) is 19.8 Å². The molecule has 0 atom stereocenters. The van der Waals surface area contributed by atoms with E-state index in [2.05, 4.69) is 9.88 Å². The average Bonchev–Trinajstić information content (AvgIpc) is 2.70. The summed E-state index contributed by atoms with van der Waals surface area (Å²) in [4.78, 5) is 6.18. The van der Waals surface area contributed by atoms with E-state index in [1.807, 2.05) is 19.2 Å². The summed E-state index contributed by atoms with van der Waals surface area (Å²) in [6.45, 7) is 4.06. The maximum absolute atomic E-state index is 8.07. The molecular formula is C11H15N3. The summed E-state index contributed by atoms with van der Waals surface area (Å²) in [5.41, 5.74) is 2.10. The van der Waals surface area contributed by atoms with Gasteiger partial charge in [-0.2, -0.15) is 0 Å². The molecule has 74 valence electrons. The van der Waals surface area contributed by atoms with Crippen molar-refractivity contribution in [1.29, 1.82) is 5.41 Å². The van der Waals surface area contributed by atoms with E-state index in [4.69, 9.17) is 5.41 Å². The Morgan fingerprint density at radius 3 is 2.79 bits per heavy atom. The fourth-order valence-electron chi connectivity index (χ4n) is 1.85. The Morgan fingerprint density at radius 2 is 2.14 bits per heavy atom. The SMILES string of the molecule is Cc1cnccc1C(=N)N1CCCC1. The van der Waals surface area contributed by atoms with Crippen LogP contribution < -0.4 is 0 Å². The van der Waals surface area contributed by atoms with Crippen LogP contribution in [0.1, 0.15) is 24.0 Å². The lowest BCUT2D eigenvalue weighted by Crippen LogP contribution is -2.28. The Bertz CT molecular complexity index is 340. The van der Waals surface area contributed by atoms with E-state index in [1.54, 1.807) is 6.20 Å². The number of pyridine rings is 1. The molecule has 0 saturated carbocycles. The van der Waals surface area contributed by atoms with Crippen LogP contribution in [-0.2, 0) is 0 Å². The van der Waals surface area contributed by atoms with Crippen LogP contribution in [0.3, 0.4) is 0 Å². The molecule has 0 spiro atoms. The van der Waals surface area contributed by atoms with Gasteiger partial charge < -0.3 is 4.90 Å². The summed E-state index contributed by atoms with van der Waals surface area (Å²) in [6, 6.07) is 1.93. The molecule has 2 heterocycles. The summed E-state index contributed by atoms with van der Waals surface area (Å²) in [5, 5.41) is 8.07. The molecule has 2 rings (SSSR count). The first-order valence-electron chi connectivity index (χ1n) is 5.03. The zero-order chi connectivity index (χ0) is 9.97. The summed E-state index contributed by atoms with van der Waals surface area (Å²) < 4.78 is 0. The monoisotopic (exact) mass is 189 g/mol. The van der Waals surface area contributed by atoms with Crippen molar-refractivity contribution in [2.24, 2.45) is 0 Å². The van der Waals surface area contributed by atoms with Crippen LogP contribution in [-0.4, -0.2) is 28.8 Å². The Morgan fingerprint density at radius 1 is 1.43 bits per heavy atom. The average molecular weight is 189 g/mol. The Kier molecular flexibility index (Phi) is 2.48. The van der Waals surface area contributed by atoms with Gasteiger partial charge in [0.1, 0.15) is 5.84 Å². The highest BCUT2D eigenvalue weighted by Crippen LogP contribution is 2.14. The van der Waals surface area contributed by atoms with Gasteiger partial charge in [-0.3, -0.25) is 10.4 Å². The molecule has 1 aromatic rings. The second-order valence-corrected chi connectivity index (χ2v) is 3.73. The predicted octanol–water partition coefficient (Wildman–Crippen LogP) is 1.81. The third kappa shape index (κ3) is 1.62. The molecule has 0 amide bonds. The van der Waals surface area contributed by atoms with Gasteiger partial charge in [0.15, 0.2) is 0 Å². The van der Waals surface area contributed by atoms with Crippen molar-refractivity contribution in [3.63, 3.8) is 0 Å². The van der Waals surface area contributed by atoms with Gasteiger partial charge in [-0.15, -0.1) is 0 Å². The van der Waals surface area contributed by atoms with Crippen molar-refractivity contribution in [3.8, 4) is 0 Å². The zero-order valence-corrected chi connectivity index (χ0v) is 8.45. The normalized spacial score (nSPS) is 15.9. The molecule has 1 aliphatic heterocycles. The molecule has 1 aromatic heterocycles. The highest BCUT2D eigenvalue weighted by atomic mass is 15.2. The molecule has 1 aliphatic rings. The Hall–Kier alpha value is -1.38. The lowest BCUT2D eigenvalue weighted by atomic mass is 10.1. The highest BCUT2D eigenvalue weighted by Gasteiger charge is 2.17. The van der Waals surface area contributed by atoms with E-state index in [-0.39, 0.29) is 0 Å². The first-order chi connectivity index (χ1) is 6.79. The van der Waals surface area contributed by atoms with E-state index in [0.29, 0.717) is 5.84 Å². The minimum absolute atomic E-state index is 0.655. The smallest absolute Gasteiger partial charge is 0.128 e. The summed E-state index contributed by atoms with van der Waals surface area (Å²) in [5.74, 6) is 0.655. The maximum atomic E-state index is 8.07. The fraction of sp³-hybridized carbons (Fsp3) is 0.455. The quantitative estimate of drug-likeness (QED) is 0.540. The largest absolute Gasteiger partial charge is 0.357 e. The molecule has 1 fully saturated rings. The number of likely N-dealkylation sites (tertiary alicyclic amines) is 1. The summed E-state index contributed by atoms with van der Waals surface area (Å²) >= 11 is 0. The highest BCUT2D eigenvalue weighted by molar-refractivity contribution is 5.97. The van der Waals surface area contributed by atoms with Crippen molar-refractivity contribution >= 4 is 5.84 Å². The number of amidine groups is 1. The molecule has 0 unspecified atom stereocenters. The van der Waals surface area contributed by atoms with Gasteiger partial charge in [0.25, 0.3) is 0 Å². The minimum Gasteiger partial charge on any atom is -0.357 e. The second-order valence-electron chi connectivity index (χ2n) is 3.73. The minimum atomic E-state index is 0.655. The number of aromatic nitrogens is 1. The molecule has 3 nitrogen and oxygen atoms in total. The first kappa shape index (κ1) is 9.19. The maximum Gasteiger partial charge on any atom is 0.128 e. The number of nitrogens with one attached hydrogen (secondary N) is 1. The van der Waals surface area contributed by atoms with E-state index >= 15 is 0 Å². The number of hydrogen-bond acceptors (Lipinski definition) is 2. The molecule has 1 saturated heterocycles. The standard InChI is InChI=1S/C11H15N3/c1-9-8-13-5-4-10(9)11(12)14-6-2-3-7-14/h4-5,8,12H,2-3,6-7H2,1H3. The molecule has 0 radical (unpaired) electrons. The second kappa shape index (κ2) is 3.78. The molecule has 0 bridgehead atoms. The zero-order valence-electron chi connectivity index (χ0n) is 8.45. The van der Waals surface area contributed by atoms with Crippen molar-refractivity contribution in [3.05, 3.63) is 29.6 Å². The number of nitrogens with zero attached hydrogens (tertiary/aromatic N) is 2. The van der Waals surface area contributed by atoms with E-state index < -0.39 is 0 Å². The van der Waals surface area contributed by atoms with Crippen LogP contribution in [0, 0.1) is 12.3 Å². The van der Waals surface area contributed by atoms with Gasteiger partial charge in [0, 0.05) is 31.0 Å². The predicted molar refractivity (Wildman–Crippen MR) is 56.6 cm³/mol. The van der Waals surface area contributed by atoms with Crippen molar-refractivity contribution in [1.82, 2.24) is 9.88 Å². The van der Waals surface area contributed by atoms with E-state index in [1.165, 1.54) is 12.8 Å². The number of hydrogen-bond donors (Lipinski definition) is 1. The van der Waals surface area contributed by atoms with E-state index in [0.717, 1.165) is 24.2 Å². The van der Waals surface area contributed by atoms with Crippen LogP contribution in [0.25, 0.3) is 0 Å². The summed E-state index contributed by atoms with van der Waals surface area (Å²) in [7, 11) is 0. The lowest BCUT2D eigenvalue weighted by Gasteiger charge is -2.19. The van der Waals surface area contributed by atoms with E-state index in [9.17, 15) is 0 Å². The number of aryl methyl sites for hydroxylation is 1. The van der Waals surface area contributed by atoms with Crippen molar-refractivity contribution in [2.75, 3.05) is 13.1 Å². The third-order valence-electron chi connectivity index (χ3n) is 2.70. The van der Waals surface area contributed by atoms with Gasteiger partial charge in [-0.25, -0.2) is 0 Å². The molecular weight excluding hydrogens is 174 g/mol. The van der Waals surface area contributed by atoms with Gasteiger partial charge in [0.2, 0.25) is 0 Å². The van der Waals surface area contributed by atoms with Gasteiger partial charge >= 0.3 is 0 Å². The number of rotatable bonds is 1. The third-order valence-corrected chi connectivity index (χ3v) is 2.70. The van der Waals surface area contributed by atoms with Gasteiger partial charge in [-0.05, 0) is 31.4 Å². The van der Waals surface area contributed by atoms with Gasteiger partial charge in [-0.1, -0.05) is 0 Å². The Balaban J connectivity index is 2.22. The summed E-state index contributed by atoms with van der Waals surface area (Å²) in [6.07, 6.45) is 6.01. The molecule has 3 heteroatoms. The van der Waals surface area contributed by atoms with Crippen LogP contribution in [0.2, 0.25) is 0 Å². The van der Waals surface area contributed by atoms with Crippen molar-refractivity contribution < 1.29 is 0 Å². The first-order valence-corrected chi connectivity index (χ1v) is 5.03. The molecule has 14 heavy (non-hydrogen) atoms. The van der Waals surface area contributed by atoms with Gasteiger partial charge in [0.05, 0.1) is 0 Å². The van der Waals surface area contributed by atoms with Crippen LogP contribution in [0.4, 0.5) is 0 Å². The van der Waals surface area contributed by atoms with Crippen LogP contribution >= 0.6 is 0 Å². The fourth-order valence-corrected chi connectivity index (χ4v) is 1.85. The lowest BCUT2D eigenvalue weighted by molar-refractivity contribution is 0.517. The molecule has 0 aliphatic carbocycles.